The van der Waals surface area contributed by atoms with Crippen LogP contribution >= 0.6 is 11.6 Å². The molecule has 4 aliphatic rings. The fourth-order valence-corrected chi connectivity index (χ4v) is 9.52. The first kappa shape index (κ1) is 39.5. The second kappa shape index (κ2) is 15.3. The van der Waals surface area contributed by atoms with Crippen molar-refractivity contribution >= 4 is 46.5 Å². The molecule has 0 bridgehead atoms. The van der Waals surface area contributed by atoms with Gasteiger partial charge in [0.25, 0.3) is 5.91 Å². The van der Waals surface area contributed by atoms with Gasteiger partial charge in [-0.25, -0.2) is 24.5 Å². The number of halogens is 1. The number of aromatic nitrogens is 5. The SMILES string of the molecule is COC(=O)N[C@H](C(=O)N1[C@@H]2C[C@@H]2C[C@H]1c1nc(-c2ccc(-c3ccc4nc(-c5cnc([C@@H]6C[C@H]7C[C@H]7N6C(=O)[C@@H](OC(N)=O)C(C)C)[nH]5)ccc4c3)cc2)c(Cl)[nH]1)C(C)C. The standard InChI is InChI=1S/C44H48ClN9O6/c1-20(2)35(51-44(58)59-5)41(55)53-31-15-27(31)18-34(53)40-50-36(38(45)52-40)23-8-6-22(7-9-23)24-10-12-28-25(14-24)11-13-29(48-28)30-19-47-39(49-30)33-17-26-16-32(26)54(33)42(56)37(21(3)4)60-43(46)57/h6-14,19-21,26-27,31-35,37H,15-18H2,1-5H3,(H2,46,57)(H,47,49)(H,50,52)(H,51,58)/t26-,27-,31-,32-,33+,34+,35+,37+/m1/s1. The Morgan fingerprint density at radius 3 is 2.10 bits per heavy atom. The molecule has 2 aromatic carbocycles. The lowest BCUT2D eigenvalue weighted by atomic mass is 10.0. The summed E-state index contributed by atoms with van der Waals surface area (Å²) >= 11 is 6.77. The molecule has 2 saturated heterocycles. The highest BCUT2D eigenvalue weighted by Crippen LogP contribution is 2.55. The number of H-pyrrole nitrogens is 2. The molecule has 9 rings (SSSR count). The molecule has 5 N–H and O–H groups in total. The number of rotatable bonds is 11. The topological polar surface area (TPSA) is 202 Å². The van der Waals surface area contributed by atoms with E-state index in [0.717, 1.165) is 64.7 Å². The fourth-order valence-electron chi connectivity index (χ4n) is 9.27. The number of methoxy groups -OCH3 is 1. The molecule has 4 fully saturated rings. The van der Waals surface area contributed by atoms with Gasteiger partial charge in [0.2, 0.25) is 5.91 Å². The maximum Gasteiger partial charge on any atom is 0.407 e. The molecule has 312 valence electrons. The van der Waals surface area contributed by atoms with Crippen molar-refractivity contribution in [1.29, 1.82) is 0 Å². The summed E-state index contributed by atoms with van der Waals surface area (Å²) < 4.78 is 10.0. The molecule has 3 aromatic heterocycles. The van der Waals surface area contributed by atoms with Crippen molar-refractivity contribution in [2.75, 3.05) is 7.11 Å². The maximum atomic E-state index is 13.8. The maximum absolute atomic E-state index is 13.8. The lowest BCUT2D eigenvalue weighted by Crippen LogP contribution is -2.52. The third kappa shape index (κ3) is 7.22. The molecular weight excluding hydrogens is 786 g/mol. The van der Waals surface area contributed by atoms with Crippen LogP contribution in [0.5, 0.6) is 0 Å². The number of ether oxygens (including phenoxy) is 2. The number of carbonyl (C=O) groups is 4. The number of imidazole rings is 2. The summed E-state index contributed by atoms with van der Waals surface area (Å²) in [6.07, 6.45) is 2.64. The number of alkyl carbamates (subject to hydrolysis) is 1. The van der Waals surface area contributed by atoms with Crippen LogP contribution in [0.3, 0.4) is 0 Å². The van der Waals surface area contributed by atoms with Gasteiger partial charge in [-0.1, -0.05) is 75.7 Å². The summed E-state index contributed by atoms with van der Waals surface area (Å²) in [5, 5.41) is 4.09. The number of primary amides is 1. The number of likely N-dealkylation sites (tertiary alicyclic amines) is 2. The zero-order valence-electron chi connectivity index (χ0n) is 34.0. The largest absolute Gasteiger partial charge is 0.453 e. The summed E-state index contributed by atoms with van der Waals surface area (Å²) in [4.78, 5) is 76.1. The van der Waals surface area contributed by atoms with Crippen molar-refractivity contribution in [2.45, 2.75) is 89.7 Å². The highest BCUT2D eigenvalue weighted by molar-refractivity contribution is 6.32. The normalized spacial score (nSPS) is 23.7. The van der Waals surface area contributed by atoms with Crippen LogP contribution in [-0.2, 0) is 19.1 Å². The molecule has 60 heavy (non-hydrogen) atoms. The second-order valence-electron chi connectivity index (χ2n) is 17.2. The minimum absolute atomic E-state index is 0.105. The van der Waals surface area contributed by atoms with Crippen molar-refractivity contribution in [3.05, 3.63) is 77.6 Å². The fraction of sp³-hybridized carbons (Fsp3) is 0.432. The van der Waals surface area contributed by atoms with Crippen molar-refractivity contribution in [3.63, 3.8) is 0 Å². The zero-order chi connectivity index (χ0) is 42.1. The summed E-state index contributed by atoms with van der Waals surface area (Å²) in [6.45, 7) is 7.47. The Morgan fingerprint density at radius 2 is 1.45 bits per heavy atom. The van der Waals surface area contributed by atoms with Crippen molar-refractivity contribution < 1.29 is 28.7 Å². The zero-order valence-corrected chi connectivity index (χ0v) is 34.8. The van der Waals surface area contributed by atoms with Gasteiger partial charge < -0.3 is 40.3 Å². The predicted octanol–water partition coefficient (Wildman–Crippen LogP) is 7.16. The number of benzene rings is 2. The van der Waals surface area contributed by atoms with Crippen LogP contribution < -0.4 is 11.1 Å². The van der Waals surface area contributed by atoms with Gasteiger partial charge >= 0.3 is 12.2 Å². The summed E-state index contributed by atoms with van der Waals surface area (Å²) in [5.74, 6) is 1.36. The Kier molecular flexibility index (Phi) is 10.0. The summed E-state index contributed by atoms with van der Waals surface area (Å²) in [5.41, 5.74) is 11.1. The average Bonchev–Trinajstić information content (AvgIpc) is 3.88. The van der Waals surface area contributed by atoms with Crippen molar-refractivity contribution in [2.24, 2.45) is 29.4 Å². The number of pyridine rings is 1. The molecule has 0 radical (unpaired) electrons. The van der Waals surface area contributed by atoms with Gasteiger partial charge in [-0.15, -0.1) is 0 Å². The molecule has 2 aliphatic heterocycles. The number of aromatic amines is 2. The van der Waals surface area contributed by atoms with Crippen LogP contribution in [-0.4, -0.2) is 90.1 Å². The molecule has 4 amide bonds. The molecule has 15 nitrogen and oxygen atoms in total. The number of hydrogen-bond acceptors (Lipinski definition) is 9. The number of nitrogens with zero attached hydrogens (tertiary/aromatic N) is 5. The lowest BCUT2D eigenvalue weighted by molar-refractivity contribution is -0.144. The minimum atomic E-state index is -0.961. The predicted molar refractivity (Wildman–Crippen MR) is 223 cm³/mol. The quantitative estimate of drug-likeness (QED) is 0.107. The number of hydrogen-bond donors (Lipinski definition) is 4. The van der Waals surface area contributed by atoms with Crippen LogP contribution in [0.15, 0.2) is 60.8 Å². The molecule has 16 heteroatoms. The van der Waals surface area contributed by atoms with Gasteiger partial charge in [-0.3, -0.25) is 9.59 Å². The minimum Gasteiger partial charge on any atom is -0.453 e. The number of amides is 4. The van der Waals surface area contributed by atoms with E-state index in [1.54, 1.807) is 6.20 Å². The first-order valence-electron chi connectivity index (χ1n) is 20.6. The van der Waals surface area contributed by atoms with Crippen LogP contribution in [0.25, 0.3) is 44.7 Å². The first-order valence-corrected chi connectivity index (χ1v) is 20.9. The third-order valence-corrected chi connectivity index (χ3v) is 12.8. The molecule has 5 aromatic rings. The van der Waals surface area contributed by atoms with Crippen LogP contribution in [0.4, 0.5) is 9.59 Å². The molecule has 8 atom stereocenters. The van der Waals surface area contributed by atoms with E-state index >= 15 is 0 Å². The van der Waals surface area contributed by atoms with Gasteiger partial charge in [0, 0.05) is 23.0 Å². The van der Waals surface area contributed by atoms with E-state index in [9.17, 15) is 19.2 Å². The molecule has 5 heterocycles. The lowest BCUT2D eigenvalue weighted by Gasteiger charge is -2.31. The first-order chi connectivity index (χ1) is 28.8. The van der Waals surface area contributed by atoms with E-state index in [0.29, 0.717) is 34.3 Å². The molecule has 0 unspecified atom stereocenters. The number of carbonyl (C=O) groups excluding carboxylic acids is 4. The van der Waals surface area contributed by atoms with E-state index in [2.05, 4.69) is 26.3 Å². The van der Waals surface area contributed by atoms with Crippen molar-refractivity contribution in [1.82, 2.24) is 40.0 Å². The number of nitrogens with one attached hydrogen (secondary N) is 3. The second-order valence-corrected chi connectivity index (χ2v) is 17.6. The highest BCUT2D eigenvalue weighted by Gasteiger charge is 2.57. The van der Waals surface area contributed by atoms with Gasteiger partial charge in [0.05, 0.1) is 42.3 Å². The highest BCUT2D eigenvalue weighted by atomic mass is 35.5. The van der Waals surface area contributed by atoms with E-state index in [4.69, 9.17) is 36.8 Å². The van der Waals surface area contributed by atoms with E-state index < -0.39 is 24.3 Å². The Morgan fingerprint density at radius 1 is 0.800 bits per heavy atom. The Balaban J connectivity index is 0.896. The average molecular weight is 834 g/mol. The third-order valence-electron chi connectivity index (χ3n) is 12.6. The van der Waals surface area contributed by atoms with Crippen LogP contribution in [0.1, 0.15) is 77.1 Å². The monoisotopic (exact) mass is 833 g/mol. The van der Waals surface area contributed by atoms with Gasteiger partial charge in [-0.2, -0.15) is 0 Å². The van der Waals surface area contributed by atoms with E-state index in [1.807, 2.05) is 86.0 Å². The number of fused-ring (bicyclic) bond motifs is 3. The number of nitrogens with two attached hydrogens (primary N) is 1. The summed E-state index contributed by atoms with van der Waals surface area (Å²) in [6, 6.07) is 17.1. The van der Waals surface area contributed by atoms with E-state index in [-0.39, 0.29) is 47.8 Å². The van der Waals surface area contributed by atoms with Crippen LogP contribution in [0, 0.1) is 23.7 Å². The Bertz CT molecular complexity index is 2500. The Hall–Kier alpha value is -5.96. The van der Waals surface area contributed by atoms with Gasteiger partial charge in [-0.05, 0) is 78.7 Å². The van der Waals surface area contributed by atoms with Crippen molar-refractivity contribution in [3.8, 4) is 33.8 Å². The smallest absolute Gasteiger partial charge is 0.407 e. The van der Waals surface area contributed by atoms with Gasteiger partial charge in [0.15, 0.2) is 6.10 Å². The summed E-state index contributed by atoms with van der Waals surface area (Å²) in [7, 11) is 1.29. The molecular formula is C44H48ClN9O6. The molecule has 2 aliphatic carbocycles. The van der Waals surface area contributed by atoms with Crippen LogP contribution in [0.2, 0.25) is 5.15 Å². The van der Waals surface area contributed by atoms with Gasteiger partial charge in [0.1, 0.15) is 28.5 Å². The number of piperidine rings is 2. The Labute approximate surface area is 351 Å². The molecule has 0 spiro atoms. The molecule has 2 saturated carbocycles. The van der Waals surface area contributed by atoms with E-state index in [1.165, 1.54) is 7.11 Å².